The summed E-state index contributed by atoms with van der Waals surface area (Å²) in [5.41, 5.74) is 0.687. The zero-order valence-corrected chi connectivity index (χ0v) is 12.8. The van der Waals surface area contributed by atoms with E-state index in [2.05, 4.69) is 0 Å². The first-order valence-electron chi connectivity index (χ1n) is 6.99. The van der Waals surface area contributed by atoms with Gasteiger partial charge in [-0.15, -0.1) is 0 Å². The van der Waals surface area contributed by atoms with E-state index in [-0.39, 0.29) is 5.91 Å². The number of fused-ring (bicyclic) bond motifs is 1. The largest absolute Gasteiger partial charge is 0.480 e. The fraction of sp³-hybridized carbons (Fsp3) is 0.353. The predicted octanol–water partition coefficient (Wildman–Crippen LogP) is 2.75. The maximum Gasteiger partial charge on any atom is 0.262 e. The molecular weight excluding hydrogens is 266 g/mol. The Morgan fingerprint density at radius 1 is 1.14 bits per heavy atom. The maximum atomic E-state index is 12.0. The molecule has 1 amide bonds. The van der Waals surface area contributed by atoms with Gasteiger partial charge in [0.25, 0.3) is 5.91 Å². The highest BCUT2D eigenvalue weighted by Crippen LogP contribution is 2.34. The second kappa shape index (κ2) is 6.14. The first kappa shape index (κ1) is 15.3. The Hall–Kier alpha value is -2.07. The highest BCUT2D eigenvalue weighted by atomic mass is 16.5. The van der Waals surface area contributed by atoms with Crippen LogP contribution < -0.4 is 4.74 Å². The Balaban J connectivity index is 2.49. The molecule has 2 aromatic carbocycles. The van der Waals surface area contributed by atoms with Crippen molar-refractivity contribution in [1.82, 2.24) is 4.90 Å². The summed E-state index contributed by atoms with van der Waals surface area (Å²) in [6, 6.07) is 11.6. The Morgan fingerprint density at radius 2 is 1.81 bits per heavy atom. The van der Waals surface area contributed by atoms with Crippen LogP contribution in [0.1, 0.15) is 25.5 Å². The van der Waals surface area contributed by atoms with E-state index in [0.717, 1.165) is 10.8 Å². The van der Waals surface area contributed by atoms with E-state index in [4.69, 9.17) is 4.74 Å². The summed E-state index contributed by atoms with van der Waals surface area (Å²) in [7, 11) is 3.39. The van der Waals surface area contributed by atoms with Gasteiger partial charge in [-0.25, -0.2) is 0 Å². The van der Waals surface area contributed by atoms with Gasteiger partial charge in [-0.3, -0.25) is 4.79 Å². The van der Waals surface area contributed by atoms with E-state index in [1.54, 1.807) is 27.9 Å². The average Bonchev–Trinajstić information content (AvgIpc) is 2.46. The van der Waals surface area contributed by atoms with Crippen LogP contribution in [0.2, 0.25) is 0 Å². The van der Waals surface area contributed by atoms with Gasteiger partial charge in [-0.05, 0) is 19.2 Å². The standard InChI is InChI=1S/C17H21NO3/c1-11(19)14-10-9-13-7-5-6-8-15(13)16(14)21-12(2)17(20)18(3)4/h5-12,19H,1-4H3/t11-,12?/m1/s1. The summed E-state index contributed by atoms with van der Waals surface area (Å²) in [4.78, 5) is 13.5. The lowest BCUT2D eigenvalue weighted by molar-refractivity contribution is -0.135. The number of benzene rings is 2. The molecule has 0 saturated carbocycles. The van der Waals surface area contributed by atoms with Gasteiger partial charge in [0, 0.05) is 25.0 Å². The van der Waals surface area contributed by atoms with Crippen LogP contribution in [-0.4, -0.2) is 36.1 Å². The quantitative estimate of drug-likeness (QED) is 0.940. The van der Waals surface area contributed by atoms with E-state index < -0.39 is 12.2 Å². The molecule has 0 aliphatic carbocycles. The van der Waals surface area contributed by atoms with Gasteiger partial charge in [0.05, 0.1) is 6.10 Å². The van der Waals surface area contributed by atoms with Crippen LogP contribution in [0.25, 0.3) is 10.8 Å². The Labute approximate surface area is 124 Å². The third kappa shape index (κ3) is 3.16. The van der Waals surface area contributed by atoms with Crippen molar-refractivity contribution >= 4 is 16.7 Å². The molecule has 0 radical (unpaired) electrons. The maximum absolute atomic E-state index is 12.0. The van der Waals surface area contributed by atoms with Crippen molar-refractivity contribution in [3.05, 3.63) is 42.0 Å². The zero-order valence-electron chi connectivity index (χ0n) is 12.8. The molecule has 21 heavy (non-hydrogen) atoms. The Kier molecular flexibility index (Phi) is 4.48. The second-order valence-electron chi connectivity index (χ2n) is 5.37. The molecule has 2 rings (SSSR count). The molecule has 0 bridgehead atoms. The molecular formula is C17H21NO3. The van der Waals surface area contributed by atoms with Gasteiger partial charge in [-0.1, -0.05) is 36.4 Å². The SMILES string of the molecule is CC(Oc1c([C@@H](C)O)ccc2ccccc12)C(=O)N(C)C. The fourth-order valence-corrected chi connectivity index (χ4v) is 2.31. The lowest BCUT2D eigenvalue weighted by atomic mass is 10.0. The number of hydrogen-bond donors (Lipinski definition) is 1. The number of aliphatic hydroxyl groups excluding tert-OH is 1. The number of likely N-dealkylation sites (N-methyl/N-ethyl adjacent to an activating group) is 1. The van der Waals surface area contributed by atoms with Crippen LogP contribution >= 0.6 is 0 Å². The van der Waals surface area contributed by atoms with E-state index >= 15 is 0 Å². The van der Waals surface area contributed by atoms with Crippen LogP contribution in [0.5, 0.6) is 5.75 Å². The Bertz CT molecular complexity index is 650. The van der Waals surface area contributed by atoms with Crippen LogP contribution in [0, 0.1) is 0 Å². The van der Waals surface area contributed by atoms with Gasteiger partial charge in [0.2, 0.25) is 0 Å². The summed E-state index contributed by atoms with van der Waals surface area (Å²) in [6.45, 7) is 3.41. The molecule has 0 heterocycles. The minimum absolute atomic E-state index is 0.112. The van der Waals surface area contributed by atoms with Gasteiger partial charge >= 0.3 is 0 Å². The van der Waals surface area contributed by atoms with E-state index in [0.29, 0.717) is 11.3 Å². The third-order valence-electron chi connectivity index (χ3n) is 3.44. The minimum Gasteiger partial charge on any atom is -0.480 e. The van der Waals surface area contributed by atoms with E-state index in [1.165, 1.54) is 4.90 Å². The smallest absolute Gasteiger partial charge is 0.262 e. The monoisotopic (exact) mass is 287 g/mol. The number of carbonyl (C=O) groups is 1. The van der Waals surface area contributed by atoms with Crippen LogP contribution in [0.4, 0.5) is 0 Å². The summed E-state index contributed by atoms with van der Waals surface area (Å²) >= 11 is 0. The number of aliphatic hydroxyl groups is 1. The van der Waals surface area contributed by atoms with Crippen molar-refractivity contribution in [2.75, 3.05) is 14.1 Å². The molecule has 0 spiro atoms. The predicted molar refractivity (Wildman–Crippen MR) is 83.4 cm³/mol. The van der Waals surface area contributed by atoms with E-state index in [1.807, 2.05) is 36.4 Å². The molecule has 4 heteroatoms. The van der Waals surface area contributed by atoms with Gasteiger partial charge in [-0.2, -0.15) is 0 Å². The molecule has 0 aliphatic rings. The van der Waals surface area contributed by atoms with Gasteiger partial charge in [0.1, 0.15) is 5.75 Å². The van der Waals surface area contributed by atoms with Crippen molar-refractivity contribution in [1.29, 1.82) is 0 Å². The summed E-state index contributed by atoms with van der Waals surface area (Å²) in [5.74, 6) is 0.463. The number of carbonyl (C=O) groups excluding carboxylic acids is 1. The lowest BCUT2D eigenvalue weighted by Gasteiger charge is -2.22. The number of hydrogen-bond acceptors (Lipinski definition) is 3. The highest BCUT2D eigenvalue weighted by molar-refractivity contribution is 5.90. The van der Waals surface area contributed by atoms with Crippen LogP contribution in [-0.2, 0) is 4.79 Å². The molecule has 0 saturated heterocycles. The van der Waals surface area contributed by atoms with Crippen molar-refractivity contribution < 1.29 is 14.6 Å². The van der Waals surface area contributed by atoms with Crippen LogP contribution in [0.15, 0.2) is 36.4 Å². The summed E-state index contributed by atoms with van der Waals surface area (Å²) < 4.78 is 5.89. The van der Waals surface area contributed by atoms with Gasteiger partial charge < -0.3 is 14.7 Å². The molecule has 1 unspecified atom stereocenters. The topological polar surface area (TPSA) is 49.8 Å². The summed E-state index contributed by atoms with van der Waals surface area (Å²) in [5, 5.41) is 11.9. The highest BCUT2D eigenvalue weighted by Gasteiger charge is 2.21. The molecule has 0 fully saturated rings. The lowest BCUT2D eigenvalue weighted by Crippen LogP contribution is -2.35. The van der Waals surface area contributed by atoms with Crippen molar-refractivity contribution in [3.8, 4) is 5.75 Å². The molecule has 2 atom stereocenters. The van der Waals surface area contributed by atoms with Gasteiger partial charge in [0.15, 0.2) is 6.10 Å². The zero-order chi connectivity index (χ0) is 15.6. The molecule has 0 aliphatic heterocycles. The van der Waals surface area contributed by atoms with Crippen molar-refractivity contribution in [3.63, 3.8) is 0 Å². The molecule has 2 aromatic rings. The molecule has 4 nitrogen and oxygen atoms in total. The first-order valence-corrected chi connectivity index (χ1v) is 6.99. The number of ether oxygens (including phenoxy) is 1. The van der Waals surface area contributed by atoms with Crippen LogP contribution in [0.3, 0.4) is 0 Å². The molecule has 1 N–H and O–H groups in total. The number of nitrogens with zero attached hydrogens (tertiary/aromatic N) is 1. The fourth-order valence-electron chi connectivity index (χ4n) is 2.31. The number of amides is 1. The van der Waals surface area contributed by atoms with E-state index in [9.17, 15) is 9.90 Å². The second-order valence-corrected chi connectivity index (χ2v) is 5.37. The van der Waals surface area contributed by atoms with Crippen molar-refractivity contribution in [2.45, 2.75) is 26.1 Å². The third-order valence-corrected chi connectivity index (χ3v) is 3.44. The van der Waals surface area contributed by atoms with Crippen molar-refractivity contribution in [2.24, 2.45) is 0 Å². The summed E-state index contributed by atoms with van der Waals surface area (Å²) in [6.07, 6.45) is -1.27. The number of rotatable bonds is 4. The first-order chi connectivity index (χ1) is 9.91. The molecule has 112 valence electrons. The minimum atomic E-state index is -0.661. The average molecular weight is 287 g/mol. The normalized spacial score (nSPS) is 13.8. The molecule has 0 aromatic heterocycles. The Morgan fingerprint density at radius 3 is 2.43 bits per heavy atom.